The first-order valence-electron chi connectivity index (χ1n) is 7.15. The van der Waals surface area contributed by atoms with Gasteiger partial charge < -0.3 is 5.32 Å². The molecule has 0 saturated carbocycles. The fraction of sp³-hybridized carbons (Fsp3) is 0.600. The van der Waals surface area contributed by atoms with E-state index in [2.05, 4.69) is 33.9 Å². The molecular weight excluding hydrogens is 240 g/mol. The maximum absolute atomic E-state index is 3.43. The van der Waals surface area contributed by atoms with E-state index in [0.29, 0.717) is 0 Å². The second-order valence-corrected chi connectivity index (χ2v) is 6.49. The van der Waals surface area contributed by atoms with Gasteiger partial charge in [0.2, 0.25) is 0 Å². The summed E-state index contributed by atoms with van der Waals surface area (Å²) in [5, 5.41) is 3.43. The molecule has 3 heteroatoms. The van der Waals surface area contributed by atoms with Crippen LogP contribution in [0.3, 0.4) is 0 Å². The number of benzene rings is 1. The van der Waals surface area contributed by atoms with Crippen molar-refractivity contribution in [2.24, 2.45) is 0 Å². The normalized spacial score (nSPS) is 22.4. The van der Waals surface area contributed by atoms with Gasteiger partial charge in [-0.25, -0.2) is 4.31 Å². The number of hydrogen-bond donors (Lipinski definition) is 1. The van der Waals surface area contributed by atoms with Gasteiger partial charge in [-0.15, -0.1) is 0 Å². The van der Waals surface area contributed by atoms with E-state index in [1.165, 1.54) is 62.3 Å². The molecule has 0 bridgehead atoms. The molecule has 0 aliphatic carbocycles. The van der Waals surface area contributed by atoms with Crippen molar-refractivity contribution in [3.8, 4) is 0 Å². The lowest BCUT2D eigenvalue weighted by molar-refractivity contribution is 0.460. The Kier molecular flexibility index (Phi) is 4.24. The molecule has 0 radical (unpaired) electrons. The molecule has 2 saturated heterocycles. The smallest absolute Gasteiger partial charge is 0.0230 e. The molecule has 2 aliphatic heterocycles. The zero-order valence-electron chi connectivity index (χ0n) is 10.9. The van der Waals surface area contributed by atoms with Gasteiger partial charge in [0.1, 0.15) is 0 Å². The molecule has 2 aliphatic rings. The Morgan fingerprint density at radius 1 is 1.00 bits per heavy atom. The maximum Gasteiger partial charge on any atom is 0.0230 e. The Bertz CT molecular complexity index is 365. The summed E-state index contributed by atoms with van der Waals surface area (Å²) in [7, 11) is 0. The van der Waals surface area contributed by atoms with Gasteiger partial charge in [0.05, 0.1) is 0 Å². The van der Waals surface area contributed by atoms with Crippen LogP contribution in [-0.4, -0.2) is 30.5 Å². The lowest BCUT2D eigenvalue weighted by Crippen LogP contribution is -2.26. The standard InChI is InChI=1S/C15H22N2S/c1-2-12-17(11-1)18-15-5-3-13(4-6-15)14-7-9-16-10-8-14/h3-6,14,16H,1-2,7-12H2. The van der Waals surface area contributed by atoms with E-state index in [-0.39, 0.29) is 0 Å². The van der Waals surface area contributed by atoms with Crippen molar-refractivity contribution >= 4 is 11.9 Å². The Labute approximate surface area is 114 Å². The Morgan fingerprint density at radius 2 is 1.67 bits per heavy atom. The minimum Gasteiger partial charge on any atom is -0.317 e. The van der Waals surface area contributed by atoms with E-state index in [0.717, 1.165) is 5.92 Å². The van der Waals surface area contributed by atoms with Gasteiger partial charge >= 0.3 is 0 Å². The van der Waals surface area contributed by atoms with Crippen LogP contribution >= 0.6 is 11.9 Å². The molecule has 2 fully saturated rings. The van der Waals surface area contributed by atoms with Crippen LogP contribution in [0.1, 0.15) is 37.2 Å². The third kappa shape index (κ3) is 3.08. The molecule has 2 nitrogen and oxygen atoms in total. The summed E-state index contributed by atoms with van der Waals surface area (Å²) in [6.07, 6.45) is 5.30. The van der Waals surface area contributed by atoms with Gasteiger partial charge in [-0.2, -0.15) is 0 Å². The summed E-state index contributed by atoms with van der Waals surface area (Å²) in [5.41, 5.74) is 1.53. The fourth-order valence-corrected chi connectivity index (χ4v) is 3.88. The van der Waals surface area contributed by atoms with Gasteiger partial charge in [-0.05, 0) is 74.3 Å². The summed E-state index contributed by atoms with van der Waals surface area (Å²) in [6.45, 7) is 4.85. The second-order valence-electron chi connectivity index (χ2n) is 5.32. The summed E-state index contributed by atoms with van der Waals surface area (Å²) in [6, 6.07) is 9.30. The molecule has 0 atom stereocenters. The molecule has 98 valence electrons. The lowest BCUT2D eigenvalue weighted by atomic mass is 9.90. The fourth-order valence-electron chi connectivity index (χ4n) is 2.88. The first-order chi connectivity index (χ1) is 8.92. The summed E-state index contributed by atoms with van der Waals surface area (Å²) in [4.78, 5) is 1.40. The zero-order valence-corrected chi connectivity index (χ0v) is 11.7. The molecule has 1 aromatic carbocycles. The van der Waals surface area contributed by atoms with Crippen LogP contribution in [0, 0.1) is 0 Å². The van der Waals surface area contributed by atoms with Crippen molar-refractivity contribution in [2.75, 3.05) is 26.2 Å². The number of nitrogens with zero attached hydrogens (tertiary/aromatic N) is 1. The largest absolute Gasteiger partial charge is 0.317 e. The third-order valence-electron chi connectivity index (χ3n) is 3.99. The lowest BCUT2D eigenvalue weighted by Gasteiger charge is -2.23. The van der Waals surface area contributed by atoms with Crippen LogP contribution in [0.2, 0.25) is 0 Å². The van der Waals surface area contributed by atoms with Crippen molar-refractivity contribution in [2.45, 2.75) is 36.5 Å². The summed E-state index contributed by atoms with van der Waals surface area (Å²) >= 11 is 1.93. The number of nitrogens with one attached hydrogen (secondary N) is 1. The molecular formula is C15H22N2S. The van der Waals surface area contributed by atoms with E-state index in [1.807, 2.05) is 11.9 Å². The van der Waals surface area contributed by atoms with Crippen LogP contribution in [0.15, 0.2) is 29.2 Å². The van der Waals surface area contributed by atoms with Gasteiger partial charge in [-0.1, -0.05) is 12.1 Å². The first kappa shape index (κ1) is 12.5. The summed E-state index contributed by atoms with van der Waals surface area (Å²) < 4.78 is 2.49. The number of piperidine rings is 1. The molecule has 1 N–H and O–H groups in total. The van der Waals surface area contributed by atoms with E-state index in [1.54, 1.807) is 0 Å². The molecule has 0 amide bonds. The van der Waals surface area contributed by atoms with Crippen molar-refractivity contribution in [1.82, 2.24) is 9.62 Å². The SMILES string of the molecule is c1cc(C2CCNCC2)ccc1SN1CCCC1. The highest BCUT2D eigenvalue weighted by atomic mass is 32.2. The highest BCUT2D eigenvalue weighted by molar-refractivity contribution is 7.97. The van der Waals surface area contributed by atoms with E-state index in [9.17, 15) is 0 Å². The van der Waals surface area contributed by atoms with Crippen LogP contribution in [0.5, 0.6) is 0 Å². The van der Waals surface area contributed by atoms with Crippen LogP contribution in [-0.2, 0) is 0 Å². The quantitative estimate of drug-likeness (QED) is 0.842. The van der Waals surface area contributed by atoms with Gasteiger partial charge in [0.15, 0.2) is 0 Å². The Hall–Kier alpha value is -0.510. The van der Waals surface area contributed by atoms with E-state index in [4.69, 9.17) is 0 Å². The predicted molar refractivity (Wildman–Crippen MR) is 78.0 cm³/mol. The molecule has 2 heterocycles. The highest BCUT2D eigenvalue weighted by Gasteiger charge is 2.16. The van der Waals surface area contributed by atoms with Gasteiger partial charge in [0.25, 0.3) is 0 Å². The number of rotatable bonds is 3. The average Bonchev–Trinajstić information content (AvgIpc) is 2.94. The second kappa shape index (κ2) is 6.09. The Morgan fingerprint density at radius 3 is 2.33 bits per heavy atom. The minimum absolute atomic E-state index is 0.775. The first-order valence-corrected chi connectivity index (χ1v) is 7.93. The highest BCUT2D eigenvalue weighted by Crippen LogP contribution is 2.30. The zero-order chi connectivity index (χ0) is 12.2. The maximum atomic E-state index is 3.43. The van der Waals surface area contributed by atoms with Crippen molar-refractivity contribution in [1.29, 1.82) is 0 Å². The van der Waals surface area contributed by atoms with Gasteiger partial charge in [0, 0.05) is 18.0 Å². The summed E-state index contributed by atoms with van der Waals surface area (Å²) in [5.74, 6) is 0.775. The molecule has 0 spiro atoms. The molecule has 3 rings (SSSR count). The van der Waals surface area contributed by atoms with Crippen LogP contribution < -0.4 is 5.32 Å². The predicted octanol–water partition coefficient (Wildman–Crippen LogP) is 3.26. The third-order valence-corrected chi connectivity index (χ3v) is 5.10. The molecule has 0 aromatic heterocycles. The monoisotopic (exact) mass is 262 g/mol. The minimum atomic E-state index is 0.775. The van der Waals surface area contributed by atoms with E-state index < -0.39 is 0 Å². The number of hydrogen-bond acceptors (Lipinski definition) is 3. The molecule has 18 heavy (non-hydrogen) atoms. The van der Waals surface area contributed by atoms with Crippen LogP contribution in [0.25, 0.3) is 0 Å². The molecule has 1 aromatic rings. The van der Waals surface area contributed by atoms with Crippen LogP contribution in [0.4, 0.5) is 0 Å². The van der Waals surface area contributed by atoms with Crippen molar-refractivity contribution < 1.29 is 0 Å². The average molecular weight is 262 g/mol. The van der Waals surface area contributed by atoms with Crippen molar-refractivity contribution in [3.05, 3.63) is 29.8 Å². The van der Waals surface area contributed by atoms with Crippen molar-refractivity contribution in [3.63, 3.8) is 0 Å². The van der Waals surface area contributed by atoms with Gasteiger partial charge in [-0.3, -0.25) is 0 Å². The molecule has 0 unspecified atom stereocenters. The Balaban J connectivity index is 1.60. The van der Waals surface area contributed by atoms with E-state index >= 15 is 0 Å². The topological polar surface area (TPSA) is 15.3 Å².